The maximum Gasteiger partial charge on any atom is 0.228 e. The van der Waals surface area contributed by atoms with E-state index in [2.05, 4.69) is 30.3 Å². The molecule has 0 saturated heterocycles. The summed E-state index contributed by atoms with van der Waals surface area (Å²) < 4.78 is 5.72. The molecule has 0 radical (unpaired) electrons. The number of hydrogen-bond donors (Lipinski definition) is 0. The van der Waals surface area contributed by atoms with Crippen LogP contribution in [0.3, 0.4) is 0 Å². The van der Waals surface area contributed by atoms with Crippen LogP contribution in [-0.4, -0.2) is 17.9 Å². The van der Waals surface area contributed by atoms with Crippen LogP contribution >= 0.6 is 0 Å². The maximum absolute atomic E-state index is 13.7. The molecule has 27 heavy (non-hydrogen) atoms. The summed E-state index contributed by atoms with van der Waals surface area (Å²) in [5.41, 5.74) is 1.50. The zero-order chi connectivity index (χ0) is 18.6. The van der Waals surface area contributed by atoms with Gasteiger partial charge in [-0.15, -0.1) is 0 Å². The Morgan fingerprint density at radius 3 is 2.41 bits per heavy atom. The number of hydrogen-bond acceptors (Lipinski definition) is 2. The third-order valence-corrected chi connectivity index (χ3v) is 7.44. The first-order valence-electron chi connectivity index (χ1n) is 10.3. The van der Waals surface area contributed by atoms with E-state index in [0.717, 1.165) is 30.8 Å². The Morgan fingerprint density at radius 2 is 1.78 bits per heavy atom. The molecule has 0 spiro atoms. The molecule has 4 fully saturated rings. The number of rotatable bonds is 4. The molecule has 4 atom stereocenters. The van der Waals surface area contributed by atoms with Crippen LogP contribution in [0.15, 0.2) is 46.9 Å². The first-order valence-corrected chi connectivity index (χ1v) is 10.3. The molecule has 4 aliphatic rings. The molecule has 0 N–H and O–H groups in total. The molecular weight excluding hydrogens is 334 g/mol. The van der Waals surface area contributed by atoms with E-state index in [0.29, 0.717) is 24.3 Å². The molecule has 2 unspecified atom stereocenters. The number of benzene rings is 1. The maximum atomic E-state index is 13.7. The Labute approximate surface area is 161 Å². The molecule has 0 aliphatic heterocycles. The summed E-state index contributed by atoms with van der Waals surface area (Å²) in [5.74, 6) is 3.53. The highest BCUT2D eigenvalue weighted by atomic mass is 16.3. The lowest BCUT2D eigenvalue weighted by Crippen LogP contribution is -2.59. The standard InChI is InChI=1S/C24H29NO2/c1-17-8-9-21(27-17)15-25(2)22(26)24-13-18-10-19(14-24)12-23(11-18,16-24)20-6-4-3-5-7-20/h3-9,18-19H,10-16H2,1-2H3/t18-,19+,23?,24?. The summed E-state index contributed by atoms with van der Waals surface area (Å²) in [6.45, 7) is 2.52. The van der Waals surface area contributed by atoms with Crippen molar-refractivity contribution in [2.75, 3.05) is 7.05 Å². The molecule has 1 aromatic carbocycles. The Morgan fingerprint density at radius 1 is 1.07 bits per heavy atom. The fourth-order valence-corrected chi connectivity index (χ4v) is 6.92. The van der Waals surface area contributed by atoms with Crippen LogP contribution in [0.1, 0.15) is 55.6 Å². The van der Waals surface area contributed by atoms with Crippen molar-refractivity contribution in [1.82, 2.24) is 4.90 Å². The van der Waals surface area contributed by atoms with Crippen LogP contribution in [0, 0.1) is 24.2 Å². The summed E-state index contributed by atoms with van der Waals surface area (Å²) in [7, 11) is 1.95. The fraction of sp³-hybridized carbons (Fsp3) is 0.542. The number of carbonyl (C=O) groups is 1. The van der Waals surface area contributed by atoms with Crippen LogP contribution in [0.5, 0.6) is 0 Å². The summed E-state index contributed by atoms with van der Waals surface area (Å²) in [4.78, 5) is 15.6. The topological polar surface area (TPSA) is 33.5 Å². The third kappa shape index (κ3) is 2.74. The predicted molar refractivity (Wildman–Crippen MR) is 105 cm³/mol. The lowest BCUT2D eigenvalue weighted by atomic mass is 9.42. The minimum absolute atomic E-state index is 0.170. The minimum Gasteiger partial charge on any atom is -0.464 e. The molecule has 1 heterocycles. The molecule has 142 valence electrons. The molecule has 2 aromatic rings. The highest BCUT2D eigenvalue weighted by Crippen LogP contribution is 2.66. The van der Waals surface area contributed by atoms with E-state index in [4.69, 9.17) is 4.42 Å². The monoisotopic (exact) mass is 363 g/mol. The van der Waals surface area contributed by atoms with Crippen molar-refractivity contribution in [3.8, 4) is 0 Å². The van der Waals surface area contributed by atoms with Gasteiger partial charge in [0.25, 0.3) is 0 Å². The van der Waals surface area contributed by atoms with Gasteiger partial charge in [-0.2, -0.15) is 0 Å². The number of aryl methyl sites for hydroxylation is 1. The predicted octanol–water partition coefficient (Wildman–Crippen LogP) is 5.08. The van der Waals surface area contributed by atoms with Gasteiger partial charge in [-0.25, -0.2) is 0 Å². The van der Waals surface area contributed by atoms with Crippen LogP contribution < -0.4 is 0 Å². The van der Waals surface area contributed by atoms with E-state index >= 15 is 0 Å². The van der Waals surface area contributed by atoms with E-state index in [1.54, 1.807) is 0 Å². The van der Waals surface area contributed by atoms with E-state index in [9.17, 15) is 4.79 Å². The van der Waals surface area contributed by atoms with Crippen LogP contribution in [0.4, 0.5) is 0 Å². The molecule has 3 heteroatoms. The first kappa shape index (κ1) is 17.1. The van der Waals surface area contributed by atoms with E-state index in [-0.39, 0.29) is 10.8 Å². The number of furan rings is 1. The smallest absolute Gasteiger partial charge is 0.228 e. The molecule has 6 rings (SSSR count). The normalized spacial score (nSPS) is 34.0. The first-order chi connectivity index (χ1) is 13.0. The second kappa shape index (κ2) is 5.98. The lowest BCUT2D eigenvalue weighted by molar-refractivity contribution is -0.159. The largest absolute Gasteiger partial charge is 0.464 e. The molecule has 3 nitrogen and oxygen atoms in total. The highest BCUT2D eigenvalue weighted by Gasteiger charge is 2.61. The van der Waals surface area contributed by atoms with Gasteiger partial charge in [0, 0.05) is 7.05 Å². The Balaban J connectivity index is 1.44. The van der Waals surface area contributed by atoms with Gasteiger partial charge in [-0.3, -0.25) is 4.79 Å². The van der Waals surface area contributed by atoms with E-state index < -0.39 is 0 Å². The van der Waals surface area contributed by atoms with Crippen molar-refractivity contribution in [1.29, 1.82) is 0 Å². The van der Waals surface area contributed by atoms with Crippen molar-refractivity contribution in [2.24, 2.45) is 17.3 Å². The lowest BCUT2D eigenvalue weighted by Gasteiger charge is -2.62. The second-order valence-corrected chi connectivity index (χ2v) is 9.56. The van der Waals surface area contributed by atoms with Crippen LogP contribution in [-0.2, 0) is 16.8 Å². The zero-order valence-electron chi connectivity index (χ0n) is 16.4. The Hall–Kier alpha value is -2.03. The Bertz CT molecular complexity index is 838. The summed E-state index contributed by atoms with van der Waals surface area (Å²) in [5, 5.41) is 0. The quantitative estimate of drug-likeness (QED) is 0.758. The second-order valence-electron chi connectivity index (χ2n) is 9.56. The van der Waals surface area contributed by atoms with Crippen LogP contribution in [0.25, 0.3) is 0 Å². The van der Waals surface area contributed by atoms with Crippen molar-refractivity contribution < 1.29 is 9.21 Å². The average molecular weight is 364 g/mol. The highest BCUT2D eigenvalue weighted by molar-refractivity contribution is 5.83. The van der Waals surface area contributed by atoms with E-state index in [1.165, 1.54) is 24.8 Å². The van der Waals surface area contributed by atoms with Gasteiger partial charge in [-0.1, -0.05) is 30.3 Å². The van der Waals surface area contributed by atoms with Crippen molar-refractivity contribution >= 4 is 5.91 Å². The molecule has 4 bridgehead atoms. The van der Waals surface area contributed by atoms with Crippen molar-refractivity contribution in [2.45, 2.75) is 57.4 Å². The van der Waals surface area contributed by atoms with Gasteiger partial charge >= 0.3 is 0 Å². The zero-order valence-corrected chi connectivity index (χ0v) is 16.4. The number of carbonyl (C=O) groups excluding carboxylic acids is 1. The minimum atomic E-state index is -0.170. The molecular formula is C24H29NO2. The van der Waals surface area contributed by atoms with Crippen LogP contribution in [0.2, 0.25) is 0 Å². The molecule has 4 aliphatic carbocycles. The Kier molecular flexibility index (Phi) is 3.79. The van der Waals surface area contributed by atoms with Crippen molar-refractivity contribution in [3.63, 3.8) is 0 Å². The van der Waals surface area contributed by atoms with Gasteiger partial charge in [0.2, 0.25) is 5.91 Å². The number of amides is 1. The number of nitrogens with zero attached hydrogens (tertiary/aromatic N) is 1. The third-order valence-electron chi connectivity index (χ3n) is 7.44. The molecule has 4 saturated carbocycles. The molecule has 1 aromatic heterocycles. The summed E-state index contributed by atoms with van der Waals surface area (Å²) in [6, 6.07) is 15.0. The molecule has 1 amide bonds. The fourth-order valence-electron chi connectivity index (χ4n) is 6.92. The van der Waals surface area contributed by atoms with Gasteiger partial charge in [0.15, 0.2) is 0 Å². The summed E-state index contributed by atoms with van der Waals surface area (Å²) >= 11 is 0. The SMILES string of the molecule is Cc1ccc(CN(C)C(=O)C23C[C@H]4C[C@@H](C2)CC(c2ccccc2)(C4)C3)o1. The van der Waals surface area contributed by atoms with Gasteiger partial charge in [0.05, 0.1) is 12.0 Å². The van der Waals surface area contributed by atoms with E-state index in [1.807, 2.05) is 31.0 Å². The van der Waals surface area contributed by atoms with Gasteiger partial charge in [-0.05, 0) is 80.4 Å². The van der Waals surface area contributed by atoms with Gasteiger partial charge < -0.3 is 9.32 Å². The van der Waals surface area contributed by atoms with Gasteiger partial charge in [0.1, 0.15) is 11.5 Å². The average Bonchev–Trinajstić information content (AvgIpc) is 3.05. The summed E-state index contributed by atoms with van der Waals surface area (Å²) in [6.07, 6.45) is 7.05. The van der Waals surface area contributed by atoms with Crippen molar-refractivity contribution in [3.05, 3.63) is 59.5 Å².